The molecule has 0 saturated carbocycles. The van der Waals surface area contributed by atoms with E-state index in [9.17, 15) is 19.5 Å². The van der Waals surface area contributed by atoms with Crippen LogP contribution in [-0.2, 0) is 16.0 Å². The van der Waals surface area contributed by atoms with Gasteiger partial charge in [0.2, 0.25) is 0 Å². The maximum atomic E-state index is 11.8. The van der Waals surface area contributed by atoms with Gasteiger partial charge in [-0.2, -0.15) is 0 Å². The van der Waals surface area contributed by atoms with E-state index in [1.807, 2.05) is 6.07 Å². The monoisotopic (exact) mass is 360 g/mol. The summed E-state index contributed by atoms with van der Waals surface area (Å²) < 4.78 is 10.8. The third-order valence-electron chi connectivity index (χ3n) is 4.01. The van der Waals surface area contributed by atoms with Gasteiger partial charge in [0.05, 0.1) is 0 Å². The van der Waals surface area contributed by atoms with Crippen molar-refractivity contribution in [1.29, 1.82) is 0 Å². The van der Waals surface area contributed by atoms with Gasteiger partial charge in [0, 0.05) is 36.0 Å². The van der Waals surface area contributed by atoms with Crippen molar-refractivity contribution in [2.45, 2.75) is 39.5 Å². The summed E-state index contributed by atoms with van der Waals surface area (Å²) in [6.07, 6.45) is 2.53. The van der Waals surface area contributed by atoms with Gasteiger partial charge in [-0.15, -0.1) is 0 Å². The number of rotatable bonds is 9. The van der Waals surface area contributed by atoms with Crippen molar-refractivity contribution >= 4 is 22.8 Å². The molecule has 1 N–H and O–H groups in total. The summed E-state index contributed by atoms with van der Waals surface area (Å²) >= 11 is 0. The standard InChI is InChI=1S/C19H23NO6/c1-3-4-5-13-10-18(24)26-19-12(2)15(7-6-14(13)19)25-11-16(21)20-9-8-17(22)23/h6-7,10H,3-5,8-9,11H2,1-2H3,(H,20,21)(H,22,23)/p-1. The van der Waals surface area contributed by atoms with Gasteiger partial charge < -0.3 is 24.4 Å². The highest BCUT2D eigenvalue weighted by Crippen LogP contribution is 2.29. The van der Waals surface area contributed by atoms with E-state index in [0.29, 0.717) is 16.9 Å². The number of carbonyl (C=O) groups is 2. The number of carbonyl (C=O) groups excluding carboxylic acids is 2. The number of carboxylic acids is 1. The number of hydrogen-bond acceptors (Lipinski definition) is 6. The van der Waals surface area contributed by atoms with Crippen molar-refractivity contribution < 1.29 is 23.8 Å². The average Bonchev–Trinajstić information content (AvgIpc) is 2.59. The first-order valence-corrected chi connectivity index (χ1v) is 8.58. The SMILES string of the molecule is CCCCc1cc(=O)oc2c(C)c(OCC(=O)NCCC(=O)[O-])ccc12. The molecule has 0 unspecified atom stereocenters. The van der Waals surface area contributed by atoms with Crippen LogP contribution in [0.25, 0.3) is 11.0 Å². The number of amides is 1. The van der Waals surface area contributed by atoms with Crippen LogP contribution in [0.1, 0.15) is 37.3 Å². The number of aliphatic carboxylic acids is 1. The van der Waals surface area contributed by atoms with Gasteiger partial charge in [-0.3, -0.25) is 4.79 Å². The van der Waals surface area contributed by atoms with Crippen LogP contribution in [0.2, 0.25) is 0 Å². The Morgan fingerprint density at radius 2 is 2.08 bits per heavy atom. The molecule has 7 nitrogen and oxygen atoms in total. The Kier molecular flexibility index (Phi) is 6.77. The van der Waals surface area contributed by atoms with Crippen LogP contribution < -0.4 is 20.8 Å². The highest BCUT2D eigenvalue weighted by Gasteiger charge is 2.13. The maximum absolute atomic E-state index is 11.8. The summed E-state index contributed by atoms with van der Waals surface area (Å²) in [5.41, 5.74) is 1.62. The highest BCUT2D eigenvalue weighted by molar-refractivity contribution is 5.85. The normalized spacial score (nSPS) is 10.7. The van der Waals surface area contributed by atoms with Gasteiger partial charge in [-0.1, -0.05) is 13.3 Å². The largest absolute Gasteiger partial charge is 0.550 e. The Hall–Kier alpha value is -2.83. The molecule has 140 valence electrons. The summed E-state index contributed by atoms with van der Waals surface area (Å²) in [4.78, 5) is 33.8. The highest BCUT2D eigenvalue weighted by atomic mass is 16.5. The minimum absolute atomic E-state index is 0.0170. The molecule has 1 aromatic heterocycles. The number of benzene rings is 1. The number of carboxylic acid groups (broad SMARTS) is 1. The van der Waals surface area contributed by atoms with Crippen molar-refractivity contribution in [2.24, 2.45) is 0 Å². The van der Waals surface area contributed by atoms with E-state index in [1.165, 1.54) is 6.07 Å². The number of nitrogens with one attached hydrogen (secondary N) is 1. The van der Waals surface area contributed by atoms with Gasteiger partial charge >= 0.3 is 5.63 Å². The van der Waals surface area contributed by atoms with Gasteiger partial charge in [-0.05, 0) is 37.5 Å². The second kappa shape index (κ2) is 9.03. The number of hydrogen-bond donors (Lipinski definition) is 1. The first kappa shape index (κ1) is 19.5. The maximum Gasteiger partial charge on any atom is 0.336 e. The number of fused-ring (bicyclic) bond motifs is 1. The van der Waals surface area contributed by atoms with Crippen molar-refractivity contribution in [3.8, 4) is 5.75 Å². The minimum Gasteiger partial charge on any atom is -0.550 e. The third kappa shape index (κ3) is 5.08. The Bertz CT molecular complexity index is 855. The molecule has 1 aromatic carbocycles. The summed E-state index contributed by atoms with van der Waals surface area (Å²) in [5, 5.41) is 13.6. The topological polar surface area (TPSA) is 109 Å². The van der Waals surface area contributed by atoms with Crippen molar-refractivity contribution in [2.75, 3.05) is 13.2 Å². The average molecular weight is 360 g/mol. The fraction of sp³-hybridized carbons (Fsp3) is 0.421. The lowest BCUT2D eigenvalue weighted by molar-refractivity contribution is -0.305. The van der Waals surface area contributed by atoms with Gasteiger partial charge in [0.1, 0.15) is 11.3 Å². The molecule has 0 aliphatic heterocycles. The Labute approximate surface area is 151 Å². The van der Waals surface area contributed by atoms with Crippen LogP contribution in [0.5, 0.6) is 5.75 Å². The van der Waals surface area contributed by atoms with E-state index in [4.69, 9.17) is 9.15 Å². The van der Waals surface area contributed by atoms with E-state index in [1.54, 1.807) is 13.0 Å². The molecule has 2 rings (SSSR count). The molecule has 0 radical (unpaired) electrons. The van der Waals surface area contributed by atoms with Crippen molar-refractivity contribution in [3.63, 3.8) is 0 Å². The zero-order chi connectivity index (χ0) is 19.1. The quantitative estimate of drug-likeness (QED) is 0.670. The molecule has 0 saturated heterocycles. The van der Waals surface area contributed by atoms with Crippen LogP contribution in [0.3, 0.4) is 0 Å². The Balaban J connectivity index is 2.14. The second-order valence-corrected chi connectivity index (χ2v) is 6.02. The minimum atomic E-state index is -1.23. The van der Waals surface area contributed by atoms with Crippen LogP contribution in [0.15, 0.2) is 27.4 Å². The zero-order valence-corrected chi connectivity index (χ0v) is 14.9. The van der Waals surface area contributed by atoms with E-state index >= 15 is 0 Å². The summed E-state index contributed by atoms with van der Waals surface area (Å²) in [6.45, 7) is 3.57. The molecule has 0 atom stereocenters. The molecule has 1 heterocycles. The van der Waals surface area contributed by atoms with Gasteiger partial charge in [0.25, 0.3) is 5.91 Å². The number of aryl methyl sites for hydroxylation is 2. The summed E-state index contributed by atoms with van der Waals surface area (Å²) in [5.74, 6) is -1.24. The molecule has 1 amide bonds. The summed E-state index contributed by atoms with van der Waals surface area (Å²) in [7, 11) is 0. The molecule has 0 bridgehead atoms. The van der Waals surface area contributed by atoms with E-state index in [0.717, 1.165) is 30.2 Å². The van der Waals surface area contributed by atoms with Crippen molar-refractivity contribution in [3.05, 3.63) is 39.7 Å². The predicted octanol–water partition coefficient (Wildman–Crippen LogP) is 1.08. The Morgan fingerprint density at radius 3 is 2.77 bits per heavy atom. The van der Waals surface area contributed by atoms with Crippen molar-refractivity contribution in [1.82, 2.24) is 5.32 Å². The molecule has 0 spiro atoms. The molecular weight excluding hydrogens is 338 g/mol. The lowest BCUT2D eigenvalue weighted by Gasteiger charge is -2.12. The molecule has 0 aliphatic rings. The van der Waals surface area contributed by atoms with Gasteiger partial charge in [-0.25, -0.2) is 4.79 Å². The number of unbranched alkanes of at least 4 members (excludes halogenated alkanes) is 1. The zero-order valence-electron chi connectivity index (χ0n) is 14.9. The first-order valence-electron chi connectivity index (χ1n) is 8.58. The van der Waals surface area contributed by atoms with Crippen LogP contribution in [0, 0.1) is 6.92 Å². The molecule has 0 fully saturated rings. The second-order valence-electron chi connectivity index (χ2n) is 6.02. The molecule has 0 aliphatic carbocycles. The van der Waals surface area contributed by atoms with E-state index in [2.05, 4.69) is 12.2 Å². The van der Waals surface area contributed by atoms with E-state index < -0.39 is 17.5 Å². The molecule has 26 heavy (non-hydrogen) atoms. The molecule has 2 aromatic rings. The third-order valence-corrected chi connectivity index (χ3v) is 4.01. The van der Waals surface area contributed by atoms with Crippen LogP contribution in [0.4, 0.5) is 0 Å². The first-order chi connectivity index (χ1) is 12.4. The predicted molar refractivity (Wildman–Crippen MR) is 94.0 cm³/mol. The molecular formula is C19H22NO6-. The van der Waals surface area contributed by atoms with Gasteiger partial charge in [0.15, 0.2) is 6.61 Å². The smallest absolute Gasteiger partial charge is 0.336 e. The fourth-order valence-corrected chi connectivity index (χ4v) is 2.64. The molecule has 7 heteroatoms. The Morgan fingerprint density at radius 1 is 1.31 bits per heavy atom. The lowest BCUT2D eigenvalue weighted by Crippen LogP contribution is -2.33. The van der Waals surface area contributed by atoms with Crippen LogP contribution >= 0.6 is 0 Å². The number of ether oxygens (including phenoxy) is 1. The van der Waals surface area contributed by atoms with E-state index in [-0.39, 0.29) is 19.6 Å². The van der Waals surface area contributed by atoms with Crippen LogP contribution in [-0.4, -0.2) is 25.0 Å². The summed E-state index contributed by atoms with van der Waals surface area (Å²) in [6, 6.07) is 5.07. The fourth-order valence-electron chi connectivity index (χ4n) is 2.64. The lowest BCUT2D eigenvalue weighted by atomic mass is 10.0.